The van der Waals surface area contributed by atoms with E-state index in [4.69, 9.17) is 0 Å². The molecule has 0 aliphatic heterocycles. The van der Waals surface area contributed by atoms with Crippen molar-refractivity contribution < 1.29 is 9.59 Å². The fourth-order valence-corrected chi connectivity index (χ4v) is 1.96. The first kappa shape index (κ1) is 17.9. The van der Waals surface area contributed by atoms with Crippen LogP contribution in [0.15, 0.2) is 24.3 Å². The number of hydrogen-bond donors (Lipinski definition) is 2. The van der Waals surface area contributed by atoms with Gasteiger partial charge in [0, 0.05) is 36.5 Å². The highest BCUT2D eigenvalue weighted by atomic mass is 16.1. The van der Waals surface area contributed by atoms with Gasteiger partial charge in [0.25, 0.3) is 5.91 Å². The molecule has 0 saturated carbocycles. The van der Waals surface area contributed by atoms with E-state index in [-0.39, 0.29) is 11.7 Å². The molecule has 5 heteroatoms. The van der Waals surface area contributed by atoms with Gasteiger partial charge in [-0.3, -0.25) is 9.59 Å². The summed E-state index contributed by atoms with van der Waals surface area (Å²) in [4.78, 5) is 28.4. The predicted octanol–water partition coefficient (Wildman–Crippen LogP) is 2.69. The van der Waals surface area contributed by atoms with Gasteiger partial charge in [-0.05, 0) is 38.4 Å². The Kier molecular flexibility index (Phi) is 6.79. The van der Waals surface area contributed by atoms with Gasteiger partial charge in [0.2, 0.25) is 0 Å². The number of rotatable bonds is 5. The molecule has 0 aliphatic rings. The molecule has 1 aromatic carbocycles. The molecule has 0 fully saturated rings. The number of nitrogens with zero attached hydrogens (tertiary/aromatic N) is 1. The van der Waals surface area contributed by atoms with Crippen LogP contribution in [-0.2, 0) is 0 Å². The van der Waals surface area contributed by atoms with Crippen molar-refractivity contribution in [2.75, 3.05) is 27.2 Å². The molecule has 5 nitrogen and oxygen atoms in total. The maximum atomic E-state index is 12.0. The second kappa shape index (κ2) is 8.34. The fraction of sp³-hybridized carbons (Fsp3) is 0.412. The number of carbonyl (C=O) groups is 2. The summed E-state index contributed by atoms with van der Waals surface area (Å²) in [6.07, 6.45) is 0. The molecule has 2 rings (SSSR count). The summed E-state index contributed by atoms with van der Waals surface area (Å²) < 4.78 is 0. The molecule has 0 radical (unpaired) electrons. The van der Waals surface area contributed by atoms with Gasteiger partial charge in [-0.1, -0.05) is 13.8 Å². The first-order chi connectivity index (χ1) is 10.5. The van der Waals surface area contributed by atoms with Crippen molar-refractivity contribution in [3.8, 4) is 0 Å². The van der Waals surface area contributed by atoms with Crippen LogP contribution in [0.4, 0.5) is 0 Å². The number of hydrogen-bond acceptors (Lipinski definition) is 3. The van der Waals surface area contributed by atoms with E-state index in [1.54, 1.807) is 18.2 Å². The van der Waals surface area contributed by atoms with Crippen LogP contribution < -0.4 is 5.32 Å². The van der Waals surface area contributed by atoms with E-state index < -0.39 is 0 Å². The van der Waals surface area contributed by atoms with Crippen LogP contribution in [0, 0.1) is 0 Å². The standard InChI is InChI=1S/C15H19N3O2.C2H6/c1-10(19)14-9-12-8-11(4-5-13(12)17-14)15(20)16-6-7-18(2)3;1-2/h4-5,8-9,17H,6-7H2,1-3H3,(H,16,20);1-2H3. The molecule has 0 saturated heterocycles. The lowest BCUT2D eigenvalue weighted by molar-refractivity contribution is 0.0950. The third-order valence-corrected chi connectivity index (χ3v) is 3.11. The third kappa shape index (κ3) is 4.70. The predicted molar refractivity (Wildman–Crippen MR) is 90.5 cm³/mol. The summed E-state index contributed by atoms with van der Waals surface area (Å²) in [7, 11) is 3.92. The maximum Gasteiger partial charge on any atom is 0.251 e. The van der Waals surface area contributed by atoms with Crippen molar-refractivity contribution in [1.29, 1.82) is 0 Å². The van der Waals surface area contributed by atoms with Crippen LogP contribution in [0.25, 0.3) is 10.9 Å². The maximum absolute atomic E-state index is 12.0. The van der Waals surface area contributed by atoms with Crippen molar-refractivity contribution in [1.82, 2.24) is 15.2 Å². The zero-order chi connectivity index (χ0) is 16.7. The minimum Gasteiger partial charge on any atom is -0.352 e. The Bertz CT molecular complexity index is 644. The van der Waals surface area contributed by atoms with Gasteiger partial charge in [-0.2, -0.15) is 0 Å². The Hall–Kier alpha value is -2.14. The van der Waals surface area contributed by atoms with Crippen LogP contribution in [-0.4, -0.2) is 48.8 Å². The number of nitrogens with one attached hydrogen (secondary N) is 2. The van der Waals surface area contributed by atoms with Gasteiger partial charge in [-0.15, -0.1) is 0 Å². The molecule has 1 amide bonds. The molecular formula is C17H25N3O2. The van der Waals surface area contributed by atoms with Crippen LogP contribution in [0.1, 0.15) is 41.6 Å². The largest absolute Gasteiger partial charge is 0.352 e. The summed E-state index contributed by atoms with van der Waals surface area (Å²) in [6.45, 7) is 6.92. The van der Waals surface area contributed by atoms with E-state index in [0.29, 0.717) is 17.8 Å². The second-order valence-corrected chi connectivity index (χ2v) is 5.10. The highest BCUT2D eigenvalue weighted by molar-refractivity contribution is 6.01. The highest BCUT2D eigenvalue weighted by Gasteiger charge is 2.09. The lowest BCUT2D eigenvalue weighted by atomic mass is 10.1. The zero-order valence-electron chi connectivity index (χ0n) is 14.0. The van der Waals surface area contributed by atoms with E-state index in [2.05, 4.69) is 10.3 Å². The average Bonchev–Trinajstić information content (AvgIpc) is 2.92. The Morgan fingerprint density at radius 3 is 2.45 bits per heavy atom. The molecule has 120 valence electrons. The summed E-state index contributed by atoms with van der Waals surface area (Å²) in [6, 6.07) is 7.15. The number of ketones is 1. The average molecular weight is 303 g/mol. The zero-order valence-corrected chi connectivity index (χ0v) is 14.0. The van der Waals surface area contributed by atoms with Crippen molar-refractivity contribution in [2.45, 2.75) is 20.8 Å². The second-order valence-electron chi connectivity index (χ2n) is 5.10. The number of aromatic amines is 1. The SMILES string of the molecule is CC.CC(=O)c1cc2cc(C(=O)NCCN(C)C)ccc2[nH]1. The molecular weight excluding hydrogens is 278 g/mol. The summed E-state index contributed by atoms with van der Waals surface area (Å²) >= 11 is 0. The summed E-state index contributed by atoms with van der Waals surface area (Å²) in [5.41, 5.74) is 2.02. The quantitative estimate of drug-likeness (QED) is 0.835. The number of fused-ring (bicyclic) bond motifs is 1. The van der Waals surface area contributed by atoms with E-state index >= 15 is 0 Å². The fourth-order valence-electron chi connectivity index (χ4n) is 1.96. The normalized spacial score (nSPS) is 10.3. The molecule has 1 aromatic heterocycles. The molecule has 0 unspecified atom stereocenters. The van der Waals surface area contributed by atoms with Gasteiger partial charge in [0.15, 0.2) is 5.78 Å². The van der Waals surface area contributed by atoms with Gasteiger partial charge < -0.3 is 15.2 Å². The van der Waals surface area contributed by atoms with E-state index in [1.807, 2.05) is 38.9 Å². The van der Waals surface area contributed by atoms with Crippen LogP contribution >= 0.6 is 0 Å². The van der Waals surface area contributed by atoms with Crippen LogP contribution in [0.2, 0.25) is 0 Å². The lowest BCUT2D eigenvalue weighted by Crippen LogP contribution is -2.31. The first-order valence-electron chi connectivity index (χ1n) is 7.54. The number of H-pyrrole nitrogens is 1. The van der Waals surface area contributed by atoms with E-state index in [9.17, 15) is 9.59 Å². The van der Waals surface area contributed by atoms with Crippen LogP contribution in [0.3, 0.4) is 0 Å². The number of likely N-dealkylation sites (N-methyl/N-ethyl adjacent to an activating group) is 1. The lowest BCUT2D eigenvalue weighted by Gasteiger charge is -2.10. The number of Topliss-reactive ketones (excluding diaryl/α,β-unsaturated/α-hetero) is 1. The Balaban J connectivity index is 0.00000116. The molecule has 2 N–H and O–H groups in total. The van der Waals surface area contributed by atoms with Crippen molar-refractivity contribution in [2.24, 2.45) is 0 Å². The number of amides is 1. The van der Waals surface area contributed by atoms with Gasteiger partial charge >= 0.3 is 0 Å². The van der Waals surface area contributed by atoms with Crippen molar-refractivity contribution >= 4 is 22.6 Å². The first-order valence-corrected chi connectivity index (χ1v) is 7.54. The van der Waals surface area contributed by atoms with Gasteiger partial charge in [0.05, 0.1) is 5.69 Å². The Morgan fingerprint density at radius 1 is 1.18 bits per heavy atom. The molecule has 2 aromatic rings. The minimum atomic E-state index is -0.0978. The molecule has 0 atom stereocenters. The van der Waals surface area contributed by atoms with Gasteiger partial charge in [-0.25, -0.2) is 0 Å². The number of aromatic nitrogens is 1. The molecule has 0 aliphatic carbocycles. The Morgan fingerprint density at radius 2 is 1.86 bits per heavy atom. The monoisotopic (exact) mass is 303 g/mol. The third-order valence-electron chi connectivity index (χ3n) is 3.11. The molecule has 0 spiro atoms. The molecule has 0 bridgehead atoms. The van der Waals surface area contributed by atoms with Crippen molar-refractivity contribution in [3.63, 3.8) is 0 Å². The summed E-state index contributed by atoms with van der Waals surface area (Å²) in [5, 5.41) is 3.74. The van der Waals surface area contributed by atoms with Crippen molar-refractivity contribution in [3.05, 3.63) is 35.5 Å². The van der Waals surface area contributed by atoms with E-state index in [1.165, 1.54) is 6.92 Å². The minimum absolute atomic E-state index is 0.0156. The van der Waals surface area contributed by atoms with Gasteiger partial charge in [0.1, 0.15) is 0 Å². The van der Waals surface area contributed by atoms with Crippen LogP contribution in [0.5, 0.6) is 0 Å². The summed E-state index contributed by atoms with van der Waals surface area (Å²) in [5.74, 6) is -0.113. The molecule has 1 heterocycles. The topological polar surface area (TPSA) is 65.2 Å². The Labute approximate surface area is 131 Å². The smallest absolute Gasteiger partial charge is 0.251 e. The number of benzene rings is 1. The highest BCUT2D eigenvalue weighted by Crippen LogP contribution is 2.17. The molecule has 22 heavy (non-hydrogen) atoms. The number of carbonyl (C=O) groups excluding carboxylic acids is 2. The van der Waals surface area contributed by atoms with E-state index in [0.717, 1.165) is 17.4 Å².